The Kier molecular flexibility index (Phi) is 7.32. The number of benzene rings is 2. The molecule has 2 unspecified atom stereocenters. The van der Waals surface area contributed by atoms with Crippen LogP contribution >= 0.6 is 0 Å². The second-order valence-electron chi connectivity index (χ2n) is 8.28. The van der Waals surface area contributed by atoms with Gasteiger partial charge in [-0.15, -0.1) is 0 Å². The van der Waals surface area contributed by atoms with Gasteiger partial charge in [-0.05, 0) is 37.1 Å². The molecule has 0 radical (unpaired) electrons. The maximum atomic E-state index is 13.9. The summed E-state index contributed by atoms with van der Waals surface area (Å²) in [5.41, 5.74) is 1.19. The minimum Gasteiger partial charge on any atom is -0.493 e. The van der Waals surface area contributed by atoms with Crippen molar-refractivity contribution in [3.63, 3.8) is 0 Å². The monoisotopic (exact) mass is 466 g/mol. The summed E-state index contributed by atoms with van der Waals surface area (Å²) >= 11 is 0. The molecule has 0 aliphatic carbocycles. The second-order valence-corrected chi connectivity index (χ2v) is 8.28. The van der Waals surface area contributed by atoms with Crippen molar-refractivity contribution in [2.45, 2.75) is 31.7 Å². The van der Waals surface area contributed by atoms with Crippen molar-refractivity contribution in [1.29, 1.82) is 0 Å². The van der Waals surface area contributed by atoms with Crippen molar-refractivity contribution in [2.75, 3.05) is 39.3 Å². The van der Waals surface area contributed by atoms with Crippen LogP contribution in [0.4, 0.5) is 5.69 Å². The predicted octanol–water partition coefficient (Wildman–Crippen LogP) is 2.96. The Morgan fingerprint density at radius 2 is 1.74 bits per heavy atom. The molecule has 0 aromatic heterocycles. The van der Waals surface area contributed by atoms with E-state index in [0.29, 0.717) is 22.7 Å². The smallest absolute Gasteiger partial charge is 0.267 e. The van der Waals surface area contributed by atoms with E-state index >= 15 is 0 Å². The molecule has 34 heavy (non-hydrogen) atoms. The topological polar surface area (TPSA) is 83.9 Å². The number of methoxy groups -OCH3 is 2. The SMILES string of the molecule is COc1ccc(N2C=NOC2C(=O)C(N2CCCCC2)N(C)C(=O)c2ccccc2)cc1OC. The van der Waals surface area contributed by atoms with E-state index in [1.807, 2.05) is 18.2 Å². The molecule has 2 aromatic rings. The Morgan fingerprint density at radius 1 is 1.03 bits per heavy atom. The number of nitrogens with zero attached hydrogens (tertiary/aromatic N) is 4. The zero-order chi connectivity index (χ0) is 24.1. The van der Waals surface area contributed by atoms with E-state index in [2.05, 4.69) is 10.1 Å². The van der Waals surface area contributed by atoms with E-state index in [1.54, 1.807) is 56.5 Å². The standard InChI is InChI=1S/C25H30N4O5/c1-27(24(31)18-10-6-4-7-11-18)23(28-14-8-5-9-15-28)22(30)25-29(17-26-34-25)19-12-13-20(32-2)21(16-19)33-3/h4,6-7,10-13,16-17,23,25H,5,8-9,14-15H2,1-3H3. The number of likely N-dealkylation sites (N-methyl/N-ethyl adjacent to an activating group) is 1. The molecule has 9 heteroatoms. The van der Waals surface area contributed by atoms with Gasteiger partial charge in [-0.3, -0.25) is 19.4 Å². The number of anilines is 1. The number of ketones is 1. The number of piperidine rings is 1. The number of Topliss-reactive ketones (excluding diaryl/α,β-unsaturated/α-hetero) is 1. The minimum absolute atomic E-state index is 0.221. The number of rotatable bonds is 8. The molecule has 2 atom stereocenters. The van der Waals surface area contributed by atoms with Gasteiger partial charge in [-0.1, -0.05) is 29.8 Å². The fraction of sp³-hybridized carbons (Fsp3) is 0.400. The van der Waals surface area contributed by atoms with Gasteiger partial charge in [-0.2, -0.15) is 0 Å². The Morgan fingerprint density at radius 3 is 2.41 bits per heavy atom. The highest BCUT2D eigenvalue weighted by Crippen LogP contribution is 2.33. The van der Waals surface area contributed by atoms with Crippen molar-refractivity contribution in [1.82, 2.24) is 9.80 Å². The van der Waals surface area contributed by atoms with Crippen LogP contribution < -0.4 is 14.4 Å². The molecule has 2 heterocycles. The van der Waals surface area contributed by atoms with E-state index in [4.69, 9.17) is 14.3 Å². The molecule has 1 fully saturated rings. The van der Waals surface area contributed by atoms with Crippen LogP contribution in [0.5, 0.6) is 11.5 Å². The van der Waals surface area contributed by atoms with Crippen molar-refractivity contribution in [3.05, 3.63) is 54.1 Å². The summed E-state index contributed by atoms with van der Waals surface area (Å²) in [5.74, 6) is 0.614. The third-order valence-electron chi connectivity index (χ3n) is 6.19. The summed E-state index contributed by atoms with van der Waals surface area (Å²) in [5, 5.41) is 3.92. The molecular weight excluding hydrogens is 436 g/mol. The number of carbonyl (C=O) groups excluding carboxylic acids is 2. The summed E-state index contributed by atoms with van der Waals surface area (Å²) in [6, 6.07) is 14.3. The van der Waals surface area contributed by atoms with Crippen LogP contribution in [0, 0.1) is 0 Å². The zero-order valence-electron chi connectivity index (χ0n) is 19.7. The summed E-state index contributed by atoms with van der Waals surface area (Å²) < 4.78 is 10.7. The maximum Gasteiger partial charge on any atom is 0.267 e. The van der Waals surface area contributed by atoms with Crippen LogP contribution in [-0.4, -0.2) is 74.6 Å². The van der Waals surface area contributed by atoms with Crippen molar-refractivity contribution in [3.8, 4) is 11.5 Å². The normalized spacial score (nSPS) is 18.8. The largest absolute Gasteiger partial charge is 0.493 e. The molecule has 0 bridgehead atoms. The lowest BCUT2D eigenvalue weighted by atomic mass is 10.1. The van der Waals surface area contributed by atoms with Crippen molar-refractivity contribution >= 4 is 23.7 Å². The van der Waals surface area contributed by atoms with Gasteiger partial charge in [0.1, 0.15) is 6.34 Å². The highest BCUT2D eigenvalue weighted by molar-refractivity contribution is 6.01. The molecule has 180 valence electrons. The van der Waals surface area contributed by atoms with Crippen LogP contribution in [0.2, 0.25) is 0 Å². The van der Waals surface area contributed by atoms with Crippen LogP contribution in [0.15, 0.2) is 53.7 Å². The van der Waals surface area contributed by atoms with Gasteiger partial charge in [0.2, 0.25) is 5.78 Å². The molecule has 9 nitrogen and oxygen atoms in total. The lowest BCUT2D eigenvalue weighted by molar-refractivity contribution is -0.140. The molecular formula is C25H30N4O5. The van der Waals surface area contributed by atoms with E-state index in [0.717, 1.165) is 32.4 Å². The molecule has 1 amide bonds. The van der Waals surface area contributed by atoms with Crippen LogP contribution in [0.3, 0.4) is 0 Å². The van der Waals surface area contributed by atoms with Crippen molar-refractivity contribution < 1.29 is 23.9 Å². The fourth-order valence-electron chi connectivity index (χ4n) is 4.43. The molecule has 4 rings (SSSR count). The lowest BCUT2D eigenvalue weighted by Crippen LogP contribution is -2.59. The fourth-order valence-corrected chi connectivity index (χ4v) is 4.43. The number of carbonyl (C=O) groups is 2. The van der Waals surface area contributed by atoms with Gasteiger partial charge in [0.25, 0.3) is 12.1 Å². The van der Waals surface area contributed by atoms with Gasteiger partial charge in [0, 0.05) is 31.8 Å². The van der Waals surface area contributed by atoms with E-state index in [9.17, 15) is 9.59 Å². The first kappa shape index (κ1) is 23.6. The summed E-state index contributed by atoms with van der Waals surface area (Å²) in [4.78, 5) is 38.0. The molecule has 2 aromatic carbocycles. The minimum atomic E-state index is -1.02. The predicted molar refractivity (Wildman–Crippen MR) is 128 cm³/mol. The first-order chi connectivity index (χ1) is 16.5. The zero-order valence-corrected chi connectivity index (χ0v) is 19.7. The quantitative estimate of drug-likeness (QED) is 0.591. The summed E-state index contributed by atoms with van der Waals surface area (Å²) in [6.07, 6.45) is 2.71. The Bertz CT molecular complexity index is 1040. The molecule has 1 saturated heterocycles. The molecule has 0 N–H and O–H groups in total. The Labute approximate surface area is 199 Å². The van der Waals surface area contributed by atoms with Crippen molar-refractivity contribution in [2.24, 2.45) is 5.16 Å². The Balaban J connectivity index is 1.63. The molecule has 0 spiro atoms. The van der Waals surface area contributed by atoms with E-state index in [1.165, 1.54) is 11.2 Å². The molecule has 2 aliphatic rings. The number of oxime groups is 1. The maximum absolute atomic E-state index is 13.9. The number of likely N-dealkylation sites (tertiary alicyclic amines) is 1. The number of amides is 1. The van der Waals surface area contributed by atoms with Crippen LogP contribution in [-0.2, 0) is 9.63 Å². The van der Waals surface area contributed by atoms with Gasteiger partial charge in [-0.25, -0.2) is 0 Å². The highest BCUT2D eigenvalue weighted by atomic mass is 16.7. The highest BCUT2D eigenvalue weighted by Gasteiger charge is 2.42. The number of hydrogen-bond donors (Lipinski definition) is 0. The third-order valence-corrected chi connectivity index (χ3v) is 6.19. The Hall–Kier alpha value is -3.59. The first-order valence-corrected chi connectivity index (χ1v) is 11.3. The second kappa shape index (κ2) is 10.6. The average Bonchev–Trinajstić information content (AvgIpc) is 3.39. The van der Waals surface area contributed by atoms with Gasteiger partial charge in [0.15, 0.2) is 17.7 Å². The third kappa shape index (κ3) is 4.70. The van der Waals surface area contributed by atoms with Crippen LogP contribution in [0.25, 0.3) is 0 Å². The van der Waals surface area contributed by atoms with Crippen LogP contribution in [0.1, 0.15) is 29.6 Å². The summed E-state index contributed by atoms with van der Waals surface area (Å²) in [6.45, 7) is 1.46. The molecule has 2 aliphatic heterocycles. The van der Waals surface area contributed by atoms with Gasteiger partial charge in [0.05, 0.1) is 19.9 Å². The average molecular weight is 467 g/mol. The summed E-state index contributed by atoms with van der Waals surface area (Å²) in [7, 11) is 4.78. The molecule has 0 saturated carbocycles. The lowest BCUT2D eigenvalue weighted by Gasteiger charge is -2.40. The number of hydrogen-bond acceptors (Lipinski definition) is 8. The van der Waals surface area contributed by atoms with E-state index in [-0.39, 0.29) is 11.7 Å². The number of ether oxygens (including phenoxy) is 2. The first-order valence-electron chi connectivity index (χ1n) is 11.3. The van der Waals surface area contributed by atoms with Gasteiger partial charge >= 0.3 is 0 Å². The van der Waals surface area contributed by atoms with Gasteiger partial charge < -0.3 is 19.2 Å². The van der Waals surface area contributed by atoms with E-state index < -0.39 is 12.4 Å².